The summed E-state index contributed by atoms with van der Waals surface area (Å²) in [6.07, 6.45) is -0.238. The first kappa shape index (κ1) is 12.8. The number of carbonyl (C=O) groups excluding carboxylic acids is 1. The number of nitrogens with zero attached hydrogens (tertiary/aromatic N) is 3. The molecule has 5 heteroatoms. The zero-order valence-electron chi connectivity index (χ0n) is 12.5. The lowest BCUT2D eigenvalue weighted by Gasteiger charge is -2.28. The molecule has 3 aliphatic rings. The van der Waals surface area contributed by atoms with E-state index in [1.54, 1.807) is 0 Å². The van der Waals surface area contributed by atoms with Crippen LogP contribution in [0.5, 0.6) is 0 Å². The molecule has 1 aromatic carbocycles. The molecule has 4 atom stereocenters. The number of fused-ring (bicyclic) bond motifs is 8. The topological polar surface area (TPSA) is 54.3 Å². The van der Waals surface area contributed by atoms with E-state index in [2.05, 4.69) is 22.4 Å². The van der Waals surface area contributed by atoms with Gasteiger partial charge in [0.1, 0.15) is 11.6 Å². The summed E-state index contributed by atoms with van der Waals surface area (Å²) in [4.78, 5) is 14.5. The van der Waals surface area contributed by atoms with Crippen LogP contribution in [0.15, 0.2) is 34.5 Å². The van der Waals surface area contributed by atoms with Gasteiger partial charge in [0.2, 0.25) is 0 Å². The molecule has 0 saturated carbocycles. The van der Waals surface area contributed by atoms with Crippen LogP contribution in [-0.2, 0) is 4.74 Å². The first-order valence-electron chi connectivity index (χ1n) is 7.44. The minimum Gasteiger partial charge on any atom is -0.444 e. The van der Waals surface area contributed by atoms with Gasteiger partial charge >= 0.3 is 6.09 Å². The Kier molecular flexibility index (Phi) is 2.47. The van der Waals surface area contributed by atoms with Gasteiger partial charge in [-0.3, -0.25) is 4.90 Å². The SMILES string of the molecule is CC(C)(C)OC(=O)N1C2c3ccccc3C1C1N=NCC12. The molecule has 2 bridgehead atoms. The number of rotatable bonds is 0. The van der Waals surface area contributed by atoms with Crippen LogP contribution in [0.25, 0.3) is 0 Å². The van der Waals surface area contributed by atoms with Crippen molar-refractivity contribution in [1.29, 1.82) is 0 Å². The van der Waals surface area contributed by atoms with Crippen LogP contribution >= 0.6 is 0 Å². The minimum absolute atomic E-state index is 0.0164. The molecule has 1 fully saturated rings. The van der Waals surface area contributed by atoms with Crippen molar-refractivity contribution in [1.82, 2.24) is 4.90 Å². The molecule has 5 nitrogen and oxygen atoms in total. The zero-order chi connectivity index (χ0) is 14.8. The van der Waals surface area contributed by atoms with Gasteiger partial charge < -0.3 is 4.74 Å². The van der Waals surface area contributed by atoms with Gasteiger partial charge in [-0.1, -0.05) is 24.3 Å². The molecule has 3 aliphatic heterocycles. The number of carbonyl (C=O) groups is 1. The predicted molar refractivity (Wildman–Crippen MR) is 77.0 cm³/mol. The van der Waals surface area contributed by atoms with Gasteiger partial charge in [-0.15, -0.1) is 0 Å². The largest absolute Gasteiger partial charge is 0.444 e. The molecule has 1 aromatic rings. The summed E-state index contributed by atoms with van der Waals surface area (Å²) >= 11 is 0. The van der Waals surface area contributed by atoms with E-state index in [1.807, 2.05) is 37.8 Å². The highest BCUT2D eigenvalue weighted by Gasteiger charge is 2.60. The maximum absolute atomic E-state index is 12.7. The van der Waals surface area contributed by atoms with Crippen LogP contribution in [0.2, 0.25) is 0 Å². The predicted octanol–water partition coefficient (Wildman–Crippen LogP) is 3.48. The van der Waals surface area contributed by atoms with Crippen LogP contribution in [-0.4, -0.2) is 29.2 Å². The highest BCUT2D eigenvalue weighted by atomic mass is 16.6. The fourth-order valence-electron chi connectivity index (χ4n) is 3.86. The summed E-state index contributed by atoms with van der Waals surface area (Å²) in [5.41, 5.74) is 1.96. The highest BCUT2D eigenvalue weighted by Crippen LogP contribution is 2.59. The number of ether oxygens (including phenoxy) is 1. The van der Waals surface area contributed by atoms with Gasteiger partial charge in [0.25, 0.3) is 0 Å². The fourth-order valence-corrected chi connectivity index (χ4v) is 3.86. The maximum atomic E-state index is 12.7. The van der Waals surface area contributed by atoms with Crippen molar-refractivity contribution >= 4 is 6.09 Å². The van der Waals surface area contributed by atoms with Crippen LogP contribution in [0.3, 0.4) is 0 Å². The monoisotopic (exact) mass is 285 g/mol. The van der Waals surface area contributed by atoms with E-state index in [9.17, 15) is 4.79 Å². The van der Waals surface area contributed by atoms with E-state index < -0.39 is 5.60 Å². The van der Waals surface area contributed by atoms with Gasteiger partial charge in [-0.05, 0) is 31.9 Å². The molecule has 21 heavy (non-hydrogen) atoms. The molecule has 0 N–H and O–H groups in total. The van der Waals surface area contributed by atoms with Crippen molar-refractivity contribution in [3.8, 4) is 0 Å². The Labute approximate surface area is 124 Å². The van der Waals surface area contributed by atoms with E-state index in [-0.39, 0.29) is 24.2 Å². The third kappa shape index (κ3) is 1.73. The molecule has 4 rings (SSSR count). The Morgan fingerprint density at radius 3 is 2.57 bits per heavy atom. The second kappa shape index (κ2) is 4.06. The Hall–Kier alpha value is -1.91. The highest BCUT2D eigenvalue weighted by molar-refractivity contribution is 5.73. The second-order valence-corrected chi connectivity index (χ2v) is 7.00. The lowest BCUT2D eigenvalue weighted by molar-refractivity contribution is 0.0159. The van der Waals surface area contributed by atoms with Gasteiger partial charge in [-0.25, -0.2) is 4.79 Å². The van der Waals surface area contributed by atoms with Crippen LogP contribution in [0.1, 0.15) is 44.0 Å². The van der Waals surface area contributed by atoms with Crippen LogP contribution in [0.4, 0.5) is 4.79 Å². The second-order valence-electron chi connectivity index (χ2n) is 7.00. The summed E-state index contributed by atoms with van der Waals surface area (Å²) < 4.78 is 5.61. The number of azo groups is 1. The van der Waals surface area contributed by atoms with Crippen LogP contribution < -0.4 is 0 Å². The normalized spacial score (nSPS) is 32.2. The third-order valence-corrected chi connectivity index (χ3v) is 4.51. The molecular weight excluding hydrogens is 266 g/mol. The maximum Gasteiger partial charge on any atom is 0.411 e. The summed E-state index contributed by atoms with van der Waals surface area (Å²) in [5.74, 6) is 0.303. The van der Waals surface area contributed by atoms with Crippen molar-refractivity contribution in [3.63, 3.8) is 0 Å². The molecule has 1 amide bonds. The Balaban J connectivity index is 1.74. The first-order valence-corrected chi connectivity index (χ1v) is 7.44. The van der Waals surface area contributed by atoms with Crippen molar-refractivity contribution in [2.75, 3.05) is 6.54 Å². The van der Waals surface area contributed by atoms with Gasteiger partial charge in [-0.2, -0.15) is 10.2 Å². The number of benzene rings is 1. The summed E-state index contributed by atoms with van der Waals surface area (Å²) in [6, 6.07) is 8.41. The van der Waals surface area contributed by atoms with Crippen LogP contribution in [0, 0.1) is 5.92 Å². The summed E-state index contributed by atoms with van der Waals surface area (Å²) in [7, 11) is 0. The Morgan fingerprint density at radius 1 is 1.24 bits per heavy atom. The number of hydrogen-bond donors (Lipinski definition) is 0. The molecule has 0 aromatic heterocycles. The van der Waals surface area contributed by atoms with Gasteiger partial charge in [0, 0.05) is 5.92 Å². The van der Waals surface area contributed by atoms with E-state index in [0.29, 0.717) is 12.5 Å². The van der Waals surface area contributed by atoms with E-state index in [1.165, 1.54) is 11.1 Å². The minimum atomic E-state index is -0.484. The smallest absolute Gasteiger partial charge is 0.411 e. The molecule has 0 spiro atoms. The van der Waals surface area contributed by atoms with E-state index in [0.717, 1.165) is 0 Å². The fraction of sp³-hybridized carbons (Fsp3) is 0.562. The zero-order valence-corrected chi connectivity index (χ0v) is 12.5. The third-order valence-electron chi connectivity index (χ3n) is 4.51. The molecule has 0 aliphatic carbocycles. The molecular formula is C16H19N3O2. The lowest BCUT2D eigenvalue weighted by Crippen LogP contribution is -2.36. The van der Waals surface area contributed by atoms with Crippen molar-refractivity contribution in [3.05, 3.63) is 35.4 Å². The van der Waals surface area contributed by atoms with E-state index >= 15 is 0 Å². The van der Waals surface area contributed by atoms with Crippen molar-refractivity contribution in [2.45, 2.75) is 44.5 Å². The molecule has 0 radical (unpaired) electrons. The van der Waals surface area contributed by atoms with Crippen molar-refractivity contribution in [2.24, 2.45) is 16.1 Å². The average molecular weight is 285 g/mol. The number of hydrogen-bond acceptors (Lipinski definition) is 4. The van der Waals surface area contributed by atoms with E-state index in [4.69, 9.17) is 4.74 Å². The molecule has 110 valence electrons. The lowest BCUT2D eigenvalue weighted by atomic mass is 9.81. The standard InChI is InChI=1S/C16H19N3O2/c1-16(2,3)21-15(20)19-13-9-6-4-5-7-10(9)14(19)12-11(13)8-17-18-12/h4-7,11-14H,8H2,1-3H3. The quantitative estimate of drug-likeness (QED) is 0.732. The Bertz CT molecular complexity index is 635. The Morgan fingerprint density at radius 2 is 1.90 bits per heavy atom. The molecule has 3 heterocycles. The number of amides is 1. The van der Waals surface area contributed by atoms with Gasteiger partial charge in [0.05, 0.1) is 18.6 Å². The summed E-state index contributed by atoms with van der Waals surface area (Å²) in [6.45, 7) is 6.41. The molecule has 4 unspecified atom stereocenters. The summed E-state index contributed by atoms with van der Waals surface area (Å²) in [5, 5.41) is 8.59. The molecule has 1 saturated heterocycles. The van der Waals surface area contributed by atoms with Crippen molar-refractivity contribution < 1.29 is 9.53 Å². The first-order chi connectivity index (χ1) is 9.97. The van der Waals surface area contributed by atoms with Gasteiger partial charge in [0.15, 0.2) is 0 Å². The average Bonchev–Trinajstić information content (AvgIpc) is 3.05.